The van der Waals surface area contributed by atoms with Crippen molar-refractivity contribution in [1.29, 1.82) is 0 Å². The topological polar surface area (TPSA) is 44.8 Å². The molecule has 1 aromatic carbocycles. The second kappa shape index (κ2) is 4.28. The molecule has 0 saturated carbocycles. The molecule has 0 spiro atoms. The predicted octanol–water partition coefficient (Wildman–Crippen LogP) is 1.45. The lowest BCUT2D eigenvalue weighted by molar-refractivity contribution is -0.166. The number of aryl methyl sites for hydroxylation is 1. The molecule has 0 aromatic heterocycles. The molecule has 3 rings (SSSR count). The van der Waals surface area contributed by atoms with Crippen LogP contribution in [0.3, 0.4) is 0 Å². The molecule has 0 unspecified atom stereocenters. The maximum absolute atomic E-state index is 12.0. The minimum Gasteiger partial charge on any atom is -0.493 e. The van der Waals surface area contributed by atoms with Crippen molar-refractivity contribution in [2.45, 2.75) is 18.3 Å². The molecular formula is C14H16O4. The van der Waals surface area contributed by atoms with Gasteiger partial charge in [-0.15, -0.1) is 0 Å². The molecule has 2 aliphatic heterocycles. The van der Waals surface area contributed by atoms with Gasteiger partial charge in [0, 0.05) is 0 Å². The number of carbonyl (C=O) groups excluding carboxylic acids is 1. The van der Waals surface area contributed by atoms with Crippen molar-refractivity contribution in [3.05, 3.63) is 29.3 Å². The Morgan fingerprint density at radius 3 is 2.89 bits per heavy atom. The van der Waals surface area contributed by atoms with Crippen LogP contribution in [0.1, 0.15) is 17.5 Å². The first-order valence-electron chi connectivity index (χ1n) is 6.19. The van der Waals surface area contributed by atoms with E-state index in [0.29, 0.717) is 13.2 Å². The third kappa shape index (κ3) is 1.60. The number of carbonyl (C=O) groups is 1. The maximum atomic E-state index is 12.0. The zero-order valence-corrected chi connectivity index (χ0v) is 10.4. The molecule has 2 heterocycles. The average Bonchev–Trinajstić information content (AvgIpc) is 2.37. The van der Waals surface area contributed by atoms with Crippen LogP contribution in [-0.4, -0.2) is 32.9 Å². The number of fused-ring (bicyclic) bond motifs is 1. The second-order valence-corrected chi connectivity index (χ2v) is 4.84. The molecular weight excluding hydrogens is 232 g/mol. The molecule has 2 aliphatic rings. The summed E-state index contributed by atoms with van der Waals surface area (Å²) in [5, 5.41) is 0. The Labute approximate surface area is 106 Å². The van der Waals surface area contributed by atoms with Gasteiger partial charge in [-0.3, -0.25) is 4.79 Å². The summed E-state index contributed by atoms with van der Waals surface area (Å²) < 4.78 is 15.7. The lowest BCUT2D eigenvalue weighted by Crippen LogP contribution is -2.53. The van der Waals surface area contributed by atoms with Crippen molar-refractivity contribution in [3.8, 4) is 5.75 Å². The summed E-state index contributed by atoms with van der Waals surface area (Å²) in [7, 11) is 1.42. The number of hydrogen-bond acceptors (Lipinski definition) is 4. The second-order valence-electron chi connectivity index (χ2n) is 4.84. The van der Waals surface area contributed by atoms with E-state index in [1.165, 1.54) is 12.7 Å². The number of hydrogen-bond donors (Lipinski definition) is 0. The Bertz CT molecular complexity index is 477. The summed E-state index contributed by atoms with van der Waals surface area (Å²) >= 11 is 0. The molecule has 0 N–H and O–H groups in total. The maximum Gasteiger partial charge on any atom is 0.321 e. The van der Waals surface area contributed by atoms with Crippen LogP contribution < -0.4 is 4.74 Å². The van der Waals surface area contributed by atoms with Gasteiger partial charge in [0.25, 0.3) is 0 Å². The van der Waals surface area contributed by atoms with Gasteiger partial charge < -0.3 is 14.2 Å². The molecule has 0 radical (unpaired) electrons. The smallest absolute Gasteiger partial charge is 0.321 e. The van der Waals surface area contributed by atoms with Crippen LogP contribution in [0.2, 0.25) is 0 Å². The highest BCUT2D eigenvalue weighted by atomic mass is 16.5. The summed E-state index contributed by atoms with van der Waals surface area (Å²) in [6.45, 7) is 1.58. The fourth-order valence-corrected chi connectivity index (χ4v) is 2.56. The average molecular weight is 248 g/mol. The molecule has 4 heteroatoms. The van der Waals surface area contributed by atoms with Gasteiger partial charge in [-0.2, -0.15) is 0 Å². The van der Waals surface area contributed by atoms with Gasteiger partial charge in [-0.1, -0.05) is 12.1 Å². The number of methoxy groups -OCH3 is 1. The SMILES string of the molecule is COC(=O)C1(c2ccc3c(c2)CCCO3)COC1. The standard InChI is InChI=1S/C14H16O4/c1-16-13(15)14(8-17-9-14)11-4-5-12-10(7-11)3-2-6-18-12/h4-5,7H,2-3,6,8-9H2,1H3. The van der Waals surface area contributed by atoms with Crippen LogP contribution in [-0.2, 0) is 26.1 Å². The first kappa shape index (κ1) is 11.5. The molecule has 18 heavy (non-hydrogen) atoms. The van der Waals surface area contributed by atoms with E-state index in [0.717, 1.165) is 30.8 Å². The number of rotatable bonds is 2. The fourth-order valence-electron chi connectivity index (χ4n) is 2.56. The number of benzene rings is 1. The van der Waals surface area contributed by atoms with E-state index in [9.17, 15) is 4.79 Å². The van der Waals surface area contributed by atoms with Crippen LogP contribution in [0.25, 0.3) is 0 Å². The highest BCUT2D eigenvalue weighted by Crippen LogP contribution is 2.37. The summed E-state index contributed by atoms with van der Waals surface area (Å²) in [6.07, 6.45) is 2.03. The zero-order valence-electron chi connectivity index (χ0n) is 10.4. The molecule has 0 amide bonds. The van der Waals surface area contributed by atoms with Gasteiger partial charge in [0.2, 0.25) is 0 Å². The normalized spacial score (nSPS) is 20.3. The molecule has 1 saturated heterocycles. The minimum absolute atomic E-state index is 0.217. The lowest BCUT2D eigenvalue weighted by atomic mass is 9.77. The predicted molar refractivity (Wildman–Crippen MR) is 64.8 cm³/mol. The highest BCUT2D eigenvalue weighted by molar-refractivity contribution is 5.84. The van der Waals surface area contributed by atoms with E-state index in [1.807, 2.05) is 12.1 Å². The lowest BCUT2D eigenvalue weighted by Gasteiger charge is -2.39. The molecule has 1 fully saturated rings. The largest absolute Gasteiger partial charge is 0.493 e. The third-order valence-electron chi connectivity index (χ3n) is 3.73. The van der Waals surface area contributed by atoms with Crippen LogP contribution in [0.5, 0.6) is 5.75 Å². The summed E-state index contributed by atoms with van der Waals surface area (Å²) in [6, 6.07) is 5.96. The fraction of sp³-hybridized carbons (Fsp3) is 0.500. The molecule has 1 aromatic rings. The summed E-state index contributed by atoms with van der Waals surface area (Å²) in [5.74, 6) is 0.718. The van der Waals surface area contributed by atoms with Crippen LogP contribution in [0.4, 0.5) is 0 Å². The van der Waals surface area contributed by atoms with Crippen molar-refractivity contribution in [3.63, 3.8) is 0 Å². The van der Waals surface area contributed by atoms with Crippen LogP contribution in [0.15, 0.2) is 18.2 Å². The first-order valence-corrected chi connectivity index (χ1v) is 6.19. The van der Waals surface area contributed by atoms with E-state index in [4.69, 9.17) is 14.2 Å². The minimum atomic E-state index is -0.610. The Morgan fingerprint density at radius 1 is 1.39 bits per heavy atom. The van der Waals surface area contributed by atoms with Gasteiger partial charge in [0.05, 0.1) is 26.9 Å². The Balaban J connectivity index is 1.98. The molecule has 0 bridgehead atoms. The third-order valence-corrected chi connectivity index (χ3v) is 3.73. The quantitative estimate of drug-likeness (QED) is 0.743. The molecule has 96 valence electrons. The van der Waals surface area contributed by atoms with Crippen molar-refractivity contribution in [2.75, 3.05) is 26.9 Å². The molecule has 0 aliphatic carbocycles. The van der Waals surface area contributed by atoms with Crippen molar-refractivity contribution in [2.24, 2.45) is 0 Å². The van der Waals surface area contributed by atoms with E-state index < -0.39 is 5.41 Å². The first-order chi connectivity index (χ1) is 8.76. The van der Waals surface area contributed by atoms with E-state index in [-0.39, 0.29) is 5.97 Å². The van der Waals surface area contributed by atoms with Gasteiger partial charge in [-0.25, -0.2) is 0 Å². The van der Waals surface area contributed by atoms with Gasteiger partial charge in [-0.05, 0) is 30.0 Å². The van der Waals surface area contributed by atoms with Gasteiger partial charge in [0.1, 0.15) is 11.2 Å². The van der Waals surface area contributed by atoms with Crippen molar-refractivity contribution < 1.29 is 19.0 Å². The van der Waals surface area contributed by atoms with Crippen molar-refractivity contribution in [1.82, 2.24) is 0 Å². The Kier molecular flexibility index (Phi) is 2.74. The Hall–Kier alpha value is -1.55. The summed E-state index contributed by atoms with van der Waals surface area (Å²) in [4.78, 5) is 12.0. The van der Waals surface area contributed by atoms with E-state index >= 15 is 0 Å². The van der Waals surface area contributed by atoms with Crippen LogP contribution in [0, 0.1) is 0 Å². The zero-order chi connectivity index (χ0) is 12.6. The summed E-state index contributed by atoms with van der Waals surface area (Å²) in [5.41, 5.74) is 1.54. The monoisotopic (exact) mass is 248 g/mol. The van der Waals surface area contributed by atoms with Gasteiger partial charge in [0.15, 0.2) is 0 Å². The highest BCUT2D eigenvalue weighted by Gasteiger charge is 2.49. The van der Waals surface area contributed by atoms with Gasteiger partial charge >= 0.3 is 5.97 Å². The number of esters is 1. The molecule has 0 atom stereocenters. The molecule has 4 nitrogen and oxygen atoms in total. The van der Waals surface area contributed by atoms with E-state index in [2.05, 4.69) is 6.07 Å². The van der Waals surface area contributed by atoms with Crippen molar-refractivity contribution >= 4 is 5.97 Å². The Morgan fingerprint density at radius 2 is 2.22 bits per heavy atom. The van der Waals surface area contributed by atoms with Crippen LogP contribution >= 0.6 is 0 Å². The number of ether oxygens (including phenoxy) is 3. The van der Waals surface area contributed by atoms with E-state index in [1.54, 1.807) is 0 Å².